The van der Waals surface area contributed by atoms with Gasteiger partial charge in [0.15, 0.2) is 18.1 Å². The second-order valence-corrected chi connectivity index (χ2v) is 7.21. The van der Waals surface area contributed by atoms with Gasteiger partial charge < -0.3 is 15.2 Å². The van der Waals surface area contributed by atoms with E-state index in [0.29, 0.717) is 18.9 Å². The molecule has 0 spiro atoms. The van der Waals surface area contributed by atoms with Gasteiger partial charge in [-0.2, -0.15) is 13.2 Å². The van der Waals surface area contributed by atoms with Crippen LogP contribution in [-0.4, -0.2) is 43.4 Å². The number of piperidine rings is 1. The lowest BCUT2D eigenvalue weighted by Gasteiger charge is -2.42. The van der Waals surface area contributed by atoms with Crippen LogP contribution in [0.5, 0.6) is 11.5 Å². The van der Waals surface area contributed by atoms with E-state index >= 15 is 0 Å². The molecule has 150 valence electrons. The number of nitrogens with two attached hydrogens (primary N) is 1. The van der Waals surface area contributed by atoms with Gasteiger partial charge >= 0.3 is 6.18 Å². The molecule has 0 amide bonds. The Balaban J connectivity index is 0.00000338. The van der Waals surface area contributed by atoms with Crippen molar-refractivity contribution < 1.29 is 22.6 Å². The normalized spacial score (nSPS) is 20.3. The van der Waals surface area contributed by atoms with E-state index in [4.69, 9.17) is 15.2 Å². The van der Waals surface area contributed by atoms with Crippen molar-refractivity contribution in [3.05, 3.63) is 23.8 Å². The fourth-order valence-electron chi connectivity index (χ4n) is 3.08. The summed E-state index contributed by atoms with van der Waals surface area (Å²) in [5, 5.41) is 0. The highest BCUT2D eigenvalue weighted by molar-refractivity contribution is 5.85. The molecule has 2 N–H and O–H groups in total. The van der Waals surface area contributed by atoms with Crippen LogP contribution in [-0.2, 0) is 6.54 Å². The van der Waals surface area contributed by atoms with E-state index in [1.165, 1.54) is 0 Å². The average Bonchev–Trinajstić information content (AvgIpc) is 2.49. The predicted molar refractivity (Wildman–Crippen MR) is 98.1 cm³/mol. The lowest BCUT2D eigenvalue weighted by molar-refractivity contribution is -0.153. The van der Waals surface area contributed by atoms with Crippen molar-refractivity contribution in [1.82, 2.24) is 4.90 Å². The van der Waals surface area contributed by atoms with Gasteiger partial charge in [0.1, 0.15) is 0 Å². The molecule has 2 rings (SSSR count). The van der Waals surface area contributed by atoms with Crippen LogP contribution >= 0.6 is 12.4 Å². The molecule has 0 aromatic heterocycles. The molecular formula is C18H28ClF3N2O2. The van der Waals surface area contributed by atoms with Gasteiger partial charge in [-0.3, -0.25) is 4.90 Å². The van der Waals surface area contributed by atoms with Crippen LogP contribution in [0.4, 0.5) is 13.2 Å². The second kappa shape index (κ2) is 9.15. The van der Waals surface area contributed by atoms with Crippen LogP contribution in [0.1, 0.15) is 32.8 Å². The zero-order valence-electron chi connectivity index (χ0n) is 15.4. The van der Waals surface area contributed by atoms with Crippen LogP contribution in [0.25, 0.3) is 0 Å². The maximum Gasteiger partial charge on any atom is 0.422 e. The van der Waals surface area contributed by atoms with Gasteiger partial charge in [-0.25, -0.2) is 0 Å². The number of likely N-dealkylation sites (tertiary alicyclic amines) is 1. The van der Waals surface area contributed by atoms with E-state index in [1.807, 2.05) is 0 Å². The molecule has 0 aliphatic carbocycles. The Morgan fingerprint density at radius 1 is 1.23 bits per heavy atom. The molecule has 1 heterocycles. The van der Waals surface area contributed by atoms with Gasteiger partial charge in [0.2, 0.25) is 0 Å². The average molecular weight is 397 g/mol. The topological polar surface area (TPSA) is 47.7 Å². The molecule has 26 heavy (non-hydrogen) atoms. The van der Waals surface area contributed by atoms with Gasteiger partial charge in [0.05, 0.1) is 6.61 Å². The lowest BCUT2D eigenvalue weighted by atomic mass is 9.79. The molecular weight excluding hydrogens is 369 g/mol. The molecule has 1 unspecified atom stereocenters. The molecule has 0 saturated carbocycles. The highest BCUT2D eigenvalue weighted by Gasteiger charge is 2.33. The largest absolute Gasteiger partial charge is 0.490 e. The summed E-state index contributed by atoms with van der Waals surface area (Å²) in [6, 6.07) is 5.28. The van der Waals surface area contributed by atoms with E-state index in [9.17, 15) is 13.2 Å². The van der Waals surface area contributed by atoms with Gasteiger partial charge in [0.25, 0.3) is 0 Å². The van der Waals surface area contributed by atoms with E-state index < -0.39 is 12.8 Å². The van der Waals surface area contributed by atoms with Gasteiger partial charge in [0, 0.05) is 25.7 Å². The minimum Gasteiger partial charge on any atom is -0.490 e. The third-order valence-electron chi connectivity index (χ3n) is 4.50. The summed E-state index contributed by atoms with van der Waals surface area (Å²) in [5.41, 5.74) is 7.18. The van der Waals surface area contributed by atoms with Crippen molar-refractivity contribution in [3.63, 3.8) is 0 Å². The molecule has 1 saturated heterocycles. The lowest BCUT2D eigenvalue weighted by Crippen LogP contribution is -2.52. The maximum absolute atomic E-state index is 12.4. The van der Waals surface area contributed by atoms with Crippen molar-refractivity contribution in [3.8, 4) is 11.5 Å². The first kappa shape index (κ1) is 22.9. The minimum absolute atomic E-state index is 0. The zero-order valence-corrected chi connectivity index (χ0v) is 16.3. The van der Waals surface area contributed by atoms with Crippen molar-refractivity contribution >= 4 is 12.4 Å². The fraction of sp³-hybridized carbons (Fsp3) is 0.667. The zero-order chi connectivity index (χ0) is 18.7. The fourth-order valence-corrected chi connectivity index (χ4v) is 3.08. The first-order valence-corrected chi connectivity index (χ1v) is 8.54. The number of halogens is 4. The SMILES string of the molecule is CCOc1cc(CN2CCC(N)C(C)(C)C2)ccc1OCC(F)(F)F.Cl. The molecule has 0 bridgehead atoms. The second-order valence-electron chi connectivity index (χ2n) is 7.21. The van der Waals surface area contributed by atoms with Crippen LogP contribution in [0.2, 0.25) is 0 Å². The van der Waals surface area contributed by atoms with E-state index in [-0.39, 0.29) is 29.6 Å². The van der Waals surface area contributed by atoms with Crippen molar-refractivity contribution in [2.45, 2.75) is 46.0 Å². The van der Waals surface area contributed by atoms with E-state index in [0.717, 1.165) is 25.1 Å². The monoisotopic (exact) mass is 396 g/mol. The molecule has 1 atom stereocenters. The van der Waals surface area contributed by atoms with Gasteiger partial charge in [-0.05, 0) is 36.5 Å². The Bertz CT molecular complexity index is 582. The summed E-state index contributed by atoms with van der Waals surface area (Å²) >= 11 is 0. The quantitative estimate of drug-likeness (QED) is 0.789. The Kier molecular flexibility index (Phi) is 8.04. The van der Waals surface area contributed by atoms with Gasteiger partial charge in [-0.1, -0.05) is 19.9 Å². The molecule has 4 nitrogen and oxygen atoms in total. The summed E-state index contributed by atoms with van der Waals surface area (Å²) in [4.78, 5) is 2.31. The van der Waals surface area contributed by atoms with Gasteiger partial charge in [-0.15, -0.1) is 12.4 Å². The number of ether oxygens (including phenoxy) is 2. The van der Waals surface area contributed by atoms with Crippen molar-refractivity contribution in [2.24, 2.45) is 11.1 Å². The highest BCUT2D eigenvalue weighted by Crippen LogP contribution is 2.32. The van der Waals surface area contributed by atoms with Crippen LogP contribution in [0.15, 0.2) is 18.2 Å². The summed E-state index contributed by atoms with van der Waals surface area (Å²) < 4.78 is 47.4. The molecule has 8 heteroatoms. The number of benzene rings is 1. The minimum atomic E-state index is -4.37. The maximum atomic E-state index is 12.4. The molecule has 1 aliphatic heterocycles. The Labute approximate surface area is 159 Å². The first-order chi connectivity index (χ1) is 11.6. The summed E-state index contributed by atoms with van der Waals surface area (Å²) in [7, 11) is 0. The Morgan fingerprint density at radius 2 is 1.92 bits per heavy atom. The first-order valence-electron chi connectivity index (χ1n) is 8.54. The molecule has 0 radical (unpaired) electrons. The number of nitrogens with zero attached hydrogens (tertiary/aromatic N) is 1. The van der Waals surface area contributed by atoms with Crippen LogP contribution in [0, 0.1) is 5.41 Å². The number of rotatable bonds is 6. The third kappa shape index (κ3) is 6.52. The standard InChI is InChI=1S/C18H27F3N2O2.ClH/c1-4-24-15-9-13(5-6-14(15)25-12-18(19,20)21)10-23-8-7-16(22)17(2,3)11-23;/h5-6,9,16H,4,7-8,10-12,22H2,1-3H3;1H. The molecule has 1 aromatic rings. The van der Waals surface area contributed by atoms with E-state index in [1.54, 1.807) is 25.1 Å². The molecule has 1 aromatic carbocycles. The predicted octanol–water partition coefficient (Wildman–Crippen LogP) is 4.01. The molecule has 1 aliphatic rings. The summed E-state index contributed by atoms with van der Waals surface area (Å²) in [6.07, 6.45) is -3.45. The Hall–Kier alpha value is -1.18. The molecule has 1 fully saturated rings. The number of hydrogen-bond donors (Lipinski definition) is 1. The Morgan fingerprint density at radius 3 is 2.50 bits per heavy atom. The highest BCUT2D eigenvalue weighted by atomic mass is 35.5. The van der Waals surface area contributed by atoms with Crippen LogP contribution in [0.3, 0.4) is 0 Å². The van der Waals surface area contributed by atoms with Crippen molar-refractivity contribution in [1.29, 1.82) is 0 Å². The number of alkyl halides is 3. The van der Waals surface area contributed by atoms with Crippen molar-refractivity contribution in [2.75, 3.05) is 26.3 Å². The summed E-state index contributed by atoms with van der Waals surface area (Å²) in [5.74, 6) is 0.459. The van der Waals surface area contributed by atoms with Crippen LogP contribution < -0.4 is 15.2 Å². The third-order valence-corrected chi connectivity index (χ3v) is 4.50. The summed E-state index contributed by atoms with van der Waals surface area (Å²) in [6.45, 7) is 7.62. The van der Waals surface area contributed by atoms with E-state index in [2.05, 4.69) is 18.7 Å². The smallest absolute Gasteiger partial charge is 0.422 e. The number of hydrogen-bond acceptors (Lipinski definition) is 4.